The van der Waals surface area contributed by atoms with Crippen LogP contribution in [-0.2, 0) is 28.6 Å². The minimum Gasteiger partial charge on any atom is -0.462 e. The molecule has 1 unspecified atom stereocenters. The van der Waals surface area contributed by atoms with Crippen LogP contribution in [0.25, 0.3) is 0 Å². The van der Waals surface area contributed by atoms with Crippen LogP contribution in [0.5, 0.6) is 0 Å². The number of allylic oxidation sites excluding steroid dienone is 4. The van der Waals surface area contributed by atoms with Gasteiger partial charge < -0.3 is 14.2 Å². The van der Waals surface area contributed by atoms with E-state index >= 15 is 0 Å². The average Bonchev–Trinajstić information content (AvgIpc) is 3.48. The van der Waals surface area contributed by atoms with Crippen molar-refractivity contribution in [3.63, 3.8) is 0 Å². The second kappa shape index (κ2) is 71.4. The third-order valence-corrected chi connectivity index (χ3v) is 17.2. The molecule has 0 N–H and O–H groups in total. The summed E-state index contributed by atoms with van der Waals surface area (Å²) in [6.45, 7) is 6.63. The zero-order chi connectivity index (χ0) is 59.2. The van der Waals surface area contributed by atoms with Crippen LogP contribution >= 0.6 is 0 Å². The quantitative estimate of drug-likeness (QED) is 0.0261. The Bertz CT molecular complexity index is 1320. The van der Waals surface area contributed by atoms with Gasteiger partial charge >= 0.3 is 17.9 Å². The first-order chi connectivity index (χ1) is 40.5. The standard InChI is InChI=1S/C76H144O6/c1-4-7-10-13-15-17-19-21-23-25-27-29-31-33-35-37-38-39-41-42-44-46-48-50-52-54-56-58-60-63-66-69-75(78)81-72-73(71-80-74(77)68-65-62-12-9-6-3)82-76(79)70-67-64-61-59-57-55-53-51-49-47-45-43-40-36-34-32-30-28-26-24-22-20-18-16-14-11-8-5-2/h19,21,25,27,73H,4-18,20,22-24,26,28-72H2,1-3H3/b21-19-,27-25-. The van der Waals surface area contributed by atoms with Crippen LogP contribution in [0.2, 0.25) is 0 Å². The minimum atomic E-state index is -0.764. The van der Waals surface area contributed by atoms with Gasteiger partial charge in [-0.3, -0.25) is 14.4 Å². The molecule has 0 saturated carbocycles. The number of ether oxygens (including phenoxy) is 3. The third kappa shape index (κ3) is 68.7. The Morgan fingerprint density at radius 3 is 0.671 bits per heavy atom. The summed E-state index contributed by atoms with van der Waals surface area (Å²) < 4.78 is 16.8. The van der Waals surface area contributed by atoms with Crippen molar-refractivity contribution in [3.05, 3.63) is 24.3 Å². The van der Waals surface area contributed by atoms with E-state index in [0.717, 1.165) is 70.6 Å². The molecular formula is C76H144O6. The van der Waals surface area contributed by atoms with Crippen LogP contribution in [0.15, 0.2) is 24.3 Å². The lowest BCUT2D eigenvalue weighted by Gasteiger charge is -2.18. The lowest BCUT2D eigenvalue weighted by molar-refractivity contribution is -0.167. The topological polar surface area (TPSA) is 78.9 Å². The van der Waals surface area contributed by atoms with Crippen molar-refractivity contribution < 1.29 is 28.6 Å². The number of esters is 3. The van der Waals surface area contributed by atoms with E-state index in [1.807, 2.05) is 0 Å². The normalized spacial score (nSPS) is 12.1. The summed E-state index contributed by atoms with van der Waals surface area (Å²) >= 11 is 0. The van der Waals surface area contributed by atoms with Gasteiger partial charge in [-0.2, -0.15) is 0 Å². The molecule has 0 amide bonds. The highest BCUT2D eigenvalue weighted by Crippen LogP contribution is 2.19. The van der Waals surface area contributed by atoms with Crippen molar-refractivity contribution in [2.75, 3.05) is 13.2 Å². The van der Waals surface area contributed by atoms with E-state index in [-0.39, 0.29) is 31.1 Å². The first kappa shape index (κ1) is 79.9. The van der Waals surface area contributed by atoms with Crippen molar-refractivity contribution >= 4 is 17.9 Å². The predicted octanol–water partition coefficient (Wildman–Crippen LogP) is 25.7. The van der Waals surface area contributed by atoms with E-state index in [1.54, 1.807) is 0 Å². The Labute approximate surface area is 513 Å². The molecule has 0 radical (unpaired) electrons. The van der Waals surface area contributed by atoms with Gasteiger partial charge in [0.25, 0.3) is 0 Å². The zero-order valence-electron chi connectivity index (χ0n) is 55.8. The summed E-state index contributed by atoms with van der Waals surface area (Å²) in [7, 11) is 0. The maximum Gasteiger partial charge on any atom is 0.306 e. The van der Waals surface area contributed by atoms with E-state index < -0.39 is 6.10 Å². The van der Waals surface area contributed by atoms with E-state index in [2.05, 4.69) is 45.1 Å². The monoisotopic (exact) mass is 1150 g/mol. The summed E-state index contributed by atoms with van der Waals surface area (Å²) in [5, 5.41) is 0. The highest BCUT2D eigenvalue weighted by atomic mass is 16.6. The molecule has 0 heterocycles. The SMILES string of the molecule is CCCCCCC/C=C\C/C=C\CCCCCCCCCCCCCCCCCCCCCC(=O)OCC(COC(=O)CCCCCCC)OC(=O)CCCCCCCCCCCCCCCCCCCCCCCCCCCCCC. The smallest absolute Gasteiger partial charge is 0.306 e. The van der Waals surface area contributed by atoms with Crippen LogP contribution in [0.1, 0.15) is 425 Å². The van der Waals surface area contributed by atoms with Crippen molar-refractivity contribution in [2.24, 2.45) is 0 Å². The van der Waals surface area contributed by atoms with Crippen molar-refractivity contribution in [1.82, 2.24) is 0 Å². The summed E-state index contributed by atoms with van der Waals surface area (Å²) in [5.74, 6) is -0.847. The van der Waals surface area contributed by atoms with Gasteiger partial charge in [-0.15, -0.1) is 0 Å². The molecule has 0 rings (SSSR count). The second-order valence-corrected chi connectivity index (χ2v) is 25.6. The molecule has 0 aliphatic rings. The van der Waals surface area contributed by atoms with Crippen LogP contribution < -0.4 is 0 Å². The van der Waals surface area contributed by atoms with Gasteiger partial charge in [-0.1, -0.05) is 379 Å². The first-order valence-corrected chi connectivity index (χ1v) is 37.3. The molecule has 0 aliphatic heterocycles. The Hall–Kier alpha value is -2.11. The van der Waals surface area contributed by atoms with E-state index in [1.165, 1.54) is 315 Å². The number of carbonyl (C=O) groups is 3. The Balaban J connectivity index is 3.88. The van der Waals surface area contributed by atoms with Gasteiger partial charge in [0.05, 0.1) is 0 Å². The van der Waals surface area contributed by atoms with Crippen molar-refractivity contribution in [2.45, 2.75) is 431 Å². The molecule has 6 heteroatoms. The molecule has 484 valence electrons. The highest BCUT2D eigenvalue weighted by molar-refractivity contribution is 5.71. The Kier molecular flexibility index (Phi) is 69.5. The van der Waals surface area contributed by atoms with E-state index in [0.29, 0.717) is 19.3 Å². The summed E-state index contributed by atoms with van der Waals surface area (Å²) in [6.07, 6.45) is 88.6. The van der Waals surface area contributed by atoms with Gasteiger partial charge in [0.2, 0.25) is 0 Å². The summed E-state index contributed by atoms with van der Waals surface area (Å²) in [5.41, 5.74) is 0. The van der Waals surface area contributed by atoms with Gasteiger partial charge in [-0.05, 0) is 51.4 Å². The highest BCUT2D eigenvalue weighted by Gasteiger charge is 2.19. The average molecular weight is 1150 g/mol. The first-order valence-electron chi connectivity index (χ1n) is 37.3. The number of unbranched alkanes of at least 4 members (excludes halogenated alkanes) is 55. The molecule has 0 aromatic heterocycles. The molecule has 0 aromatic carbocycles. The fourth-order valence-corrected chi connectivity index (χ4v) is 11.6. The van der Waals surface area contributed by atoms with Gasteiger partial charge in [0, 0.05) is 19.3 Å². The van der Waals surface area contributed by atoms with Crippen LogP contribution in [-0.4, -0.2) is 37.2 Å². The molecule has 0 aliphatic carbocycles. The Morgan fingerprint density at radius 1 is 0.244 bits per heavy atom. The molecule has 0 aromatic rings. The van der Waals surface area contributed by atoms with E-state index in [4.69, 9.17) is 14.2 Å². The van der Waals surface area contributed by atoms with Crippen LogP contribution in [0, 0.1) is 0 Å². The molecule has 0 bridgehead atoms. The molecular weight excluding hydrogens is 1010 g/mol. The second-order valence-electron chi connectivity index (χ2n) is 25.6. The number of hydrogen-bond acceptors (Lipinski definition) is 6. The third-order valence-electron chi connectivity index (χ3n) is 17.2. The molecule has 6 nitrogen and oxygen atoms in total. The lowest BCUT2D eigenvalue weighted by atomic mass is 10.0. The van der Waals surface area contributed by atoms with Crippen LogP contribution in [0.3, 0.4) is 0 Å². The fraction of sp³-hybridized carbons (Fsp3) is 0.908. The number of hydrogen-bond donors (Lipinski definition) is 0. The van der Waals surface area contributed by atoms with E-state index in [9.17, 15) is 14.4 Å². The van der Waals surface area contributed by atoms with Crippen molar-refractivity contribution in [3.8, 4) is 0 Å². The summed E-state index contributed by atoms with van der Waals surface area (Å²) in [4.78, 5) is 38.1. The molecule has 82 heavy (non-hydrogen) atoms. The maximum absolute atomic E-state index is 12.9. The molecule has 1 atom stereocenters. The maximum atomic E-state index is 12.9. The number of rotatable bonds is 70. The Morgan fingerprint density at radius 2 is 0.439 bits per heavy atom. The predicted molar refractivity (Wildman–Crippen MR) is 358 cm³/mol. The largest absolute Gasteiger partial charge is 0.462 e. The van der Waals surface area contributed by atoms with Crippen molar-refractivity contribution in [1.29, 1.82) is 0 Å². The van der Waals surface area contributed by atoms with Crippen LogP contribution in [0.4, 0.5) is 0 Å². The fourth-order valence-electron chi connectivity index (χ4n) is 11.6. The lowest BCUT2D eigenvalue weighted by Crippen LogP contribution is -2.30. The molecule has 0 fully saturated rings. The van der Waals surface area contributed by atoms with Gasteiger partial charge in [0.15, 0.2) is 6.10 Å². The summed E-state index contributed by atoms with van der Waals surface area (Å²) in [6, 6.07) is 0. The van der Waals surface area contributed by atoms with Gasteiger partial charge in [-0.25, -0.2) is 0 Å². The molecule has 0 spiro atoms. The zero-order valence-corrected chi connectivity index (χ0v) is 55.8. The minimum absolute atomic E-state index is 0.0647. The van der Waals surface area contributed by atoms with Gasteiger partial charge in [0.1, 0.15) is 13.2 Å². The molecule has 0 saturated heterocycles. The number of carbonyl (C=O) groups excluding carboxylic acids is 3.